The van der Waals surface area contributed by atoms with Gasteiger partial charge in [-0.05, 0) is 35.4 Å². The monoisotopic (exact) mass is 706 g/mol. The van der Waals surface area contributed by atoms with Gasteiger partial charge in [0.05, 0.1) is 26.0 Å². The number of hydrogen-bond acceptors (Lipinski definition) is 9. The largest absolute Gasteiger partial charge is 0.453 e. The van der Waals surface area contributed by atoms with E-state index >= 15 is 0 Å². The fourth-order valence-electron chi connectivity index (χ4n) is 4.78. The normalized spacial score (nSPS) is 13.0. The first-order chi connectivity index (χ1) is 23.9. The topological polar surface area (TPSA) is 171 Å². The molecule has 0 bridgehead atoms. The number of pyridine rings is 1. The predicted molar refractivity (Wildman–Crippen MR) is 196 cm³/mol. The van der Waals surface area contributed by atoms with Crippen LogP contribution < -0.4 is 21.4 Å². The molecule has 2 unspecified atom stereocenters. The summed E-state index contributed by atoms with van der Waals surface area (Å²) >= 11 is 0. The van der Waals surface area contributed by atoms with Crippen LogP contribution >= 0.6 is 0 Å². The summed E-state index contributed by atoms with van der Waals surface area (Å²) in [6.07, 6.45) is -0.914. The second-order valence-electron chi connectivity index (χ2n) is 14.2. The van der Waals surface area contributed by atoms with Crippen LogP contribution in [0.2, 0.25) is 0 Å². The molecule has 0 saturated carbocycles. The Bertz CT molecular complexity index is 1520. The van der Waals surface area contributed by atoms with Crippen molar-refractivity contribution in [1.29, 1.82) is 0 Å². The number of alkyl carbamates (subject to hydrolysis) is 2. The summed E-state index contributed by atoms with van der Waals surface area (Å²) in [7, 11) is 2.42. The third-order valence-corrected chi connectivity index (χ3v) is 7.59. The molecule has 0 aliphatic heterocycles. The van der Waals surface area contributed by atoms with Crippen molar-refractivity contribution in [3.05, 3.63) is 90.1 Å². The van der Waals surface area contributed by atoms with Crippen molar-refractivity contribution >= 4 is 24.0 Å². The van der Waals surface area contributed by atoms with Gasteiger partial charge in [0, 0.05) is 31.4 Å². The van der Waals surface area contributed by atoms with Gasteiger partial charge in [0.2, 0.25) is 5.91 Å². The summed E-state index contributed by atoms with van der Waals surface area (Å²) in [5.74, 6) is -1.02. The van der Waals surface area contributed by atoms with Crippen LogP contribution in [-0.2, 0) is 25.6 Å². The van der Waals surface area contributed by atoms with Crippen LogP contribution in [0.4, 0.5) is 9.59 Å². The number of aliphatic hydroxyl groups is 1. The molecule has 13 nitrogen and oxygen atoms in total. The molecule has 51 heavy (non-hydrogen) atoms. The molecule has 0 radical (unpaired) electrons. The van der Waals surface area contributed by atoms with E-state index in [4.69, 9.17) is 4.74 Å². The van der Waals surface area contributed by atoms with Gasteiger partial charge in [-0.15, -0.1) is 0 Å². The maximum Gasteiger partial charge on any atom is 0.407 e. The first-order valence-electron chi connectivity index (χ1n) is 16.7. The number of carbonyl (C=O) groups excluding carboxylic acids is 4. The molecule has 0 aliphatic rings. The number of hydrazine groups is 1. The van der Waals surface area contributed by atoms with Gasteiger partial charge in [-0.1, -0.05) is 108 Å². The Hall–Kier alpha value is -5.01. The van der Waals surface area contributed by atoms with Gasteiger partial charge in [-0.25, -0.2) is 14.6 Å². The van der Waals surface area contributed by atoms with E-state index in [0.717, 1.165) is 16.8 Å². The van der Waals surface area contributed by atoms with Crippen molar-refractivity contribution in [2.45, 2.75) is 73.2 Å². The summed E-state index contributed by atoms with van der Waals surface area (Å²) in [4.78, 5) is 54.5. The van der Waals surface area contributed by atoms with Gasteiger partial charge in [0.1, 0.15) is 12.1 Å². The standard InChI is InChI=1S/C31H46N6O7.C7H8/c1-30(2,3)24(34-28(41)43-7)26(39)33-17-22(38)19-37(36-27(40)25(31(4,5)6)35-29(42)44-8)18-20-12-14-21(15-13-20)23-11-9-10-16-32-23;1-7-5-3-2-4-6-7/h9-16,22,24-25,38H,17-19H2,1-8H3,(H,33,39)(H,34,41)(H,35,42)(H,36,40);2-6H,1H3/t22?,24?,25-;/m1./s1. The molecule has 0 fully saturated rings. The van der Waals surface area contributed by atoms with Crippen molar-refractivity contribution in [3.63, 3.8) is 0 Å². The zero-order valence-electron chi connectivity index (χ0n) is 31.2. The lowest BCUT2D eigenvalue weighted by Gasteiger charge is -2.33. The number of aryl methyl sites for hydroxylation is 1. The SMILES string of the molecule is COC(=O)NC(C(=O)NCC(O)CN(Cc1ccc(-c2ccccn2)cc1)NC(=O)[C@@H](NC(=O)OC)C(C)(C)C)C(C)(C)C.Cc1ccccc1. The lowest BCUT2D eigenvalue weighted by molar-refractivity contribution is -0.132. The quantitative estimate of drug-likeness (QED) is 0.169. The Morgan fingerprint density at radius 3 is 1.75 bits per heavy atom. The number of ether oxygens (including phenoxy) is 2. The molecule has 4 amide bonds. The molecule has 0 aliphatic carbocycles. The van der Waals surface area contributed by atoms with Crippen molar-refractivity contribution in [3.8, 4) is 11.3 Å². The average molecular weight is 707 g/mol. The first-order valence-corrected chi connectivity index (χ1v) is 16.7. The Morgan fingerprint density at radius 1 is 0.765 bits per heavy atom. The number of aliphatic hydroxyl groups excluding tert-OH is 1. The molecule has 1 heterocycles. The second kappa shape index (κ2) is 20.0. The van der Waals surface area contributed by atoms with Crippen LogP contribution in [-0.4, -0.2) is 84.6 Å². The summed E-state index contributed by atoms with van der Waals surface area (Å²) in [5.41, 5.74) is 5.37. The number of aromatic nitrogens is 1. The number of rotatable bonds is 12. The minimum Gasteiger partial charge on any atom is -0.453 e. The fourth-order valence-corrected chi connectivity index (χ4v) is 4.78. The number of methoxy groups -OCH3 is 2. The van der Waals surface area contributed by atoms with Crippen LogP contribution in [0.15, 0.2) is 79.0 Å². The highest BCUT2D eigenvalue weighted by Crippen LogP contribution is 2.22. The smallest absolute Gasteiger partial charge is 0.407 e. The third-order valence-electron chi connectivity index (χ3n) is 7.59. The highest BCUT2D eigenvalue weighted by Gasteiger charge is 2.35. The van der Waals surface area contributed by atoms with Crippen molar-refractivity contribution in [1.82, 2.24) is 31.4 Å². The number of amides is 4. The molecule has 13 heteroatoms. The van der Waals surface area contributed by atoms with E-state index in [2.05, 4.69) is 50.2 Å². The maximum absolute atomic E-state index is 13.4. The van der Waals surface area contributed by atoms with Crippen LogP contribution in [0.1, 0.15) is 52.7 Å². The van der Waals surface area contributed by atoms with Gasteiger partial charge in [-0.3, -0.25) is 20.0 Å². The number of hydrogen-bond donors (Lipinski definition) is 5. The molecule has 3 atom stereocenters. The molecule has 278 valence electrons. The van der Waals surface area contributed by atoms with E-state index in [1.54, 1.807) is 47.7 Å². The third kappa shape index (κ3) is 15.2. The Balaban J connectivity index is 0.00000114. The summed E-state index contributed by atoms with van der Waals surface area (Å²) < 4.78 is 9.35. The molecule has 3 rings (SSSR count). The first kappa shape index (κ1) is 42.2. The van der Waals surface area contributed by atoms with E-state index in [1.165, 1.54) is 24.8 Å². The number of nitrogens with one attached hydrogen (secondary N) is 4. The molecular formula is C38H54N6O7. The zero-order chi connectivity index (χ0) is 38.2. The van der Waals surface area contributed by atoms with E-state index < -0.39 is 53.0 Å². The number of benzene rings is 2. The lowest BCUT2D eigenvalue weighted by atomic mass is 9.86. The van der Waals surface area contributed by atoms with Gasteiger partial charge in [-0.2, -0.15) is 0 Å². The highest BCUT2D eigenvalue weighted by atomic mass is 16.5. The highest BCUT2D eigenvalue weighted by molar-refractivity contribution is 5.87. The minimum atomic E-state index is -1.12. The van der Waals surface area contributed by atoms with Crippen LogP contribution in [0.5, 0.6) is 0 Å². The van der Waals surface area contributed by atoms with Crippen molar-refractivity contribution in [2.24, 2.45) is 10.8 Å². The Labute approximate surface area is 301 Å². The molecule has 5 N–H and O–H groups in total. The second-order valence-corrected chi connectivity index (χ2v) is 14.2. The zero-order valence-corrected chi connectivity index (χ0v) is 31.2. The van der Waals surface area contributed by atoms with E-state index in [-0.39, 0.29) is 19.6 Å². The van der Waals surface area contributed by atoms with E-state index in [0.29, 0.717) is 0 Å². The van der Waals surface area contributed by atoms with Crippen LogP contribution in [0, 0.1) is 17.8 Å². The minimum absolute atomic E-state index is 0.0757. The van der Waals surface area contributed by atoms with E-state index in [9.17, 15) is 24.3 Å². The van der Waals surface area contributed by atoms with Crippen LogP contribution in [0.3, 0.4) is 0 Å². The van der Waals surface area contributed by atoms with Gasteiger partial charge in [0.25, 0.3) is 5.91 Å². The van der Waals surface area contributed by atoms with Crippen molar-refractivity contribution < 1.29 is 33.8 Å². The lowest BCUT2D eigenvalue weighted by Crippen LogP contribution is -2.58. The number of nitrogens with zero attached hydrogens (tertiary/aromatic N) is 2. The van der Waals surface area contributed by atoms with Gasteiger partial charge < -0.3 is 30.5 Å². The maximum atomic E-state index is 13.4. The molecule has 0 saturated heterocycles. The summed E-state index contributed by atoms with van der Waals surface area (Å²) in [5, 5.41) is 20.2. The Morgan fingerprint density at radius 2 is 1.29 bits per heavy atom. The molecule has 2 aromatic carbocycles. The van der Waals surface area contributed by atoms with Crippen molar-refractivity contribution in [2.75, 3.05) is 27.3 Å². The summed E-state index contributed by atoms with van der Waals surface area (Å²) in [6, 6.07) is 21.6. The molecule has 0 spiro atoms. The van der Waals surface area contributed by atoms with E-state index in [1.807, 2.05) is 60.7 Å². The van der Waals surface area contributed by atoms with Gasteiger partial charge >= 0.3 is 12.2 Å². The molecule has 3 aromatic rings. The van der Waals surface area contributed by atoms with Gasteiger partial charge in [0.15, 0.2) is 0 Å². The average Bonchev–Trinajstić information content (AvgIpc) is 3.08. The number of carbonyl (C=O) groups is 4. The molecule has 1 aromatic heterocycles. The Kier molecular flexibility index (Phi) is 16.5. The summed E-state index contributed by atoms with van der Waals surface area (Å²) in [6.45, 7) is 12.8. The fraction of sp³-hybridized carbons (Fsp3) is 0.447. The molecular weight excluding hydrogens is 652 g/mol. The van der Waals surface area contributed by atoms with Crippen LogP contribution in [0.25, 0.3) is 11.3 Å². The predicted octanol–water partition coefficient (Wildman–Crippen LogP) is 4.60.